The van der Waals surface area contributed by atoms with E-state index in [9.17, 15) is 0 Å². The van der Waals surface area contributed by atoms with E-state index in [1.54, 1.807) is 18.2 Å². The third kappa shape index (κ3) is 7.21. The first-order valence-corrected chi connectivity index (χ1v) is 8.90. The molecule has 26 heavy (non-hydrogen) atoms. The SMILES string of the molecule is CCCCOCCOCCOc1ccc(Oc2ccc(N)cc2N)cc1. The lowest BCUT2D eigenvalue weighted by molar-refractivity contribution is 0.0356. The van der Waals surface area contributed by atoms with Crippen LogP contribution in [-0.2, 0) is 9.47 Å². The zero-order valence-corrected chi connectivity index (χ0v) is 15.3. The molecule has 4 N–H and O–H groups in total. The number of hydrogen-bond acceptors (Lipinski definition) is 6. The maximum absolute atomic E-state index is 5.89. The van der Waals surface area contributed by atoms with Crippen molar-refractivity contribution in [1.82, 2.24) is 0 Å². The predicted molar refractivity (Wildman–Crippen MR) is 104 cm³/mol. The van der Waals surface area contributed by atoms with Gasteiger partial charge in [-0.05, 0) is 48.9 Å². The summed E-state index contributed by atoms with van der Waals surface area (Å²) >= 11 is 0. The molecule has 0 bridgehead atoms. The third-order valence-corrected chi connectivity index (χ3v) is 3.60. The first kappa shape index (κ1) is 19.9. The Hall–Kier alpha value is -2.44. The predicted octanol–water partition coefficient (Wildman–Crippen LogP) is 3.86. The monoisotopic (exact) mass is 360 g/mol. The van der Waals surface area contributed by atoms with Crippen LogP contribution in [0.4, 0.5) is 11.4 Å². The van der Waals surface area contributed by atoms with Gasteiger partial charge < -0.3 is 30.4 Å². The standard InChI is InChI=1S/C20H28N2O4/c1-2-3-10-23-11-12-24-13-14-25-17-5-7-18(8-6-17)26-20-9-4-16(21)15-19(20)22/h4-9,15H,2-3,10-14,21-22H2,1H3. The van der Waals surface area contributed by atoms with Crippen molar-refractivity contribution in [2.75, 3.05) is 44.5 Å². The highest BCUT2D eigenvalue weighted by atomic mass is 16.5. The Kier molecular flexibility index (Phi) is 8.59. The highest BCUT2D eigenvalue weighted by molar-refractivity contribution is 5.61. The molecule has 0 amide bonds. The van der Waals surface area contributed by atoms with Crippen molar-refractivity contribution in [1.29, 1.82) is 0 Å². The molecule has 0 aliphatic heterocycles. The molecule has 2 aromatic carbocycles. The van der Waals surface area contributed by atoms with Gasteiger partial charge in [0.2, 0.25) is 0 Å². The summed E-state index contributed by atoms with van der Waals surface area (Å²) in [6.45, 7) is 5.16. The van der Waals surface area contributed by atoms with E-state index < -0.39 is 0 Å². The van der Waals surface area contributed by atoms with Gasteiger partial charge in [0.05, 0.1) is 25.5 Å². The van der Waals surface area contributed by atoms with E-state index >= 15 is 0 Å². The van der Waals surface area contributed by atoms with Gasteiger partial charge in [-0.25, -0.2) is 0 Å². The maximum atomic E-state index is 5.89. The molecule has 0 unspecified atom stereocenters. The molecule has 0 aliphatic rings. The molecule has 0 aliphatic carbocycles. The van der Waals surface area contributed by atoms with Crippen LogP contribution in [0.1, 0.15) is 19.8 Å². The van der Waals surface area contributed by atoms with Gasteiger partial charge in [-0.15, -0.1) is 0 Å². The second-order valence-electron chi connectivity index (χ2n) is 5.80. The molecule has 2 rings (SSSR count). The summed E-state index contributed by atoms with van der Waals surface area (Å²) < 4.78 is 22.3. The quantitative estimate of drug-likeness (QED) is 0.441. The number of benzene rings is 2. The number of hydrogen-bond donors (Lipinski definition) is 2. The van der Waals surface area contributed by atoms with Crippen LogP contribution in [-0.4, -0.2) is 33.0 Å². The van der Waals surface area contributed by atoms with Crippen LogP contribution >= 0.6 is 0 Å². The molecular formula is C20H28N2O4. The summed E-state index contributed by atoms with van der Waals surface area (Å²) in [7, 11) is 0. The lowest BCUT2D eigenvalue weighted by atomic mass is 10.2. The van der Waals surface area contributed by atoms with Crippen LogP contribution < -0.4 is 20.9 Å². The number of nitrogen functional groups attached to an aromatic ring is 2. The van der Waals surface area contributed by atoms with Gasteiger partial charge >= 0.3 is 0 Å². The Morgan fingerprint density at radius 1 is 0.769 bits per heavy atom. The minimum absolute atomic E-state index is 0.486. The van der Waals surface area contributed by atoms with E-state index in [0.717, 1.165) is 25.2 Å². The Morgan fingerprint density at radius 2 is 1.42 bits per heavy atom. The van der Waals surface area contributed by atoms with E-state index in [1.807, 2.05) is 24.3 Å². The van der Waals surface area contributed by atoms with Crippen molar-refractivity contribution in [2.24, 2.45) is 0 Å². The molecule has 0 heterocycles. The minimum Gasteiger partial charge on any atom is -0.491 e. The van der Waals surface area contributed by atoms with Crippen LogP contribution in [0.15, 0.2) is 42.5 Å². The lowest BCUT2D eigenvalue weighted by Crippen LogP contribution is -2.11. The van der Waals surface area contributed by atoms with Gasteiger partial charge in [0.1, 0.15) is 23.9 Å². The van der Waals surface area contributed by atoms with E-state index in [0.29, 0.717) is 49.3 Å². The van der Waals surface area contributed by atoms with Gasteiger partial charge in [-0.1, -0.05) is 13.3 Å². The highest BCUT2D eigenvalue weighted by Gasteiger charge is 2.03. The van der Waals surface area contributed by atoms with Crippen molar-refractivity contribution < 1.29 is 18.9 Å². The molecule has 0 fully saturated rings. The van der Waals surface area contributed by atoms with Crippen molar-refractivity contribution in [3.63, 3.8) is 0 Å². The van der Waals surface area contributed by atoms with Gasteiger partial charge in [0, 0.05) is 12.3 Å². The second-order valence-corrected chi connectivity index (χ2v) is 5.80. The van der Waals surface area contributed by atoms with E-state index in [-0.39, 0.29) is 0 Å². The zero-order chi connectivity index (χ0) is 18.6. The first-order valence-electron chi connectivity index (χ1n) is 8.90. The molecule has 0 saturated carbocycles. The molecule has 0 spiro atoms. The molecule has 0 saturated heterocycles. The van der Waals surface area contributed by atoms with Crippen LogP contribution in [0.25, 0.3) is 0 Å². The third-order valence-electron chi connectivity index (χ3n) is 3.60. The normalized spacial score (nSPS) is 10.7. The summed E-state index contributed by atoms with van der Waals surface area (Å²) in [4.78, 5) is 0. The molecule has 0 radical (unpaired) electrons. The molecule has 2 aromatic rings. The van der Waals surface area contributed by atoms with Gasteiger partial charge in [-0.3, -0.25) is 0 Å². The number of nitrogens with two attached hydrogens (primary N) is 2. The number of rotatable bonds is 12. The van der Waals surface area contributed by atoms with E-state index in [4.69, 9.17) is 30.4 Å². The molecule has 0 atom stereocenters. The lowest BCUT2D eigenvalue weighted by Gasteiger charge is -2.10. The Bertz CT molecular complexity index is 647. The van der Waals surface area contributed by atoms with Crippen LogP contribution in [0.2, 0.25) is 0 Å². The van der Waals surface area contributed by atoms with E-state index in [2.05, 4.69) is 6.92 Å². The fraction of sp³-hybridized carbons (Fsp3) is 0.400. The van der Waals surface area contributed by atoms with Gasteiger partial charge in [0.15, 0.2) is 0 Å². The van der Waals surface area contributed by atoms with E-state index in [1.165, 1.54) is 0 Å². The molecular weight excluding hydrogens is 332 g/mol. The molecule has 6 nitrogen and oxygen atoms in total. The molecule has 6 heteroatoms. The Morgan fingerprint density at radius 3 is 2.12 bits per heavy atom. The average molecular weight is 360 g/mol. The fourth-order valence-electron chi connectivity index (χ4n) is 2.18. The maximum Gasteiger partial charge on any atom is 0.150 e. The molecule has 0 aromatic heterocycles. The van der Waals surface area contributed by atoms with Crippen molar-refractivity contribution in [3.05, 3.63) is 42.5 Å². The second kappa shape index (κ2) is 11.2. The number of ether oxygens (including phenoxy) is 4. The number of unbranched alkanes of at least 4 members (excludes halogenated alkanes) is 1. The summed E-state index contributed by atoms with van der Waals surface area (Å²) in [6.07, 6.45) is 2.24. The summed E-state index contributed by atoms with van der Waals surface area (Å²) in [6, 6.07) is 12.5. The summed E-state index contributed by atoms with van der Waals surface area (Å²) in [5.41, 5.74) is 12.7. The summed E-state index contributed by atoms with van der Waals surface area (Å²) in [5.74, 6) is 2.00. The Labute approximate surface area is 155 Å². The van der Waals surface area contributed by atoms with Crippen LogP contribution in [0.5, 0.6) is 17.2 Å². The fourth-order valence-corrected chi connectivity index (χ4v) is 2.18. The van der Waals surface area contributed by atoms with Crippen molar-refractivity contribution in [2.45, 2.75) is 19.8 Å². The first-order chi connectivity index (χ1) is 12.7. The summed E-state index contributed by atoms with van der Waals surface area (Å²) in [5, 5.41) is 0. The molecule has 142 valence electrons. The minimum atomic E-state index is 0.486. The van der Waals surface area contributed by atoms with Crippen LogP contribution in [0.3, 0.4) is 0 Å². The van der Waals surface area contributed by atoms with Gasteiger partial charge in [-0.2, -0.15) is 0 Å². The number of anilines is 2. The van der Waals surface area contributed by atoms with Crippen LogP contribution in [0, 0.1) is 0 Å². The largest absolute Gasteiger partial charge is 0.491 e. The smallest absolute Gasteiger partial charge is 0.150 e. The van der Waals surface area contributed by atoms with Gasteiger partial charge in [0.25, 0.3) is 0 Å². The topological polar surface area (TPSA) is 89.0 Å². The average Bonchev–Trinajstić information content (AvgIpc) is 2.64. The van der Waals surface area contributed by atoms with Crippen molar-refractivity contribution >= 4 is 11.4 Å². The Balaban J connectivity index is 1.64. The highest BCUT2D eigenvalue weighted by Crippen LogP contribution is 2.29. The van der Waals surface area contributed by atoms with Crippen molar-refractivity contribution in [3.8, 4) is 17.2 Å². The zero-order valence-electron chi connectivity index (χ0n) is 15.3.